The highest BCUT2D eigenvalue weighted by Crippen LogP contribution is 2.24. The molecule has 0 radical (unpaired) electrons. The van der Waals surface area contributed by atoms with Crippen molar-refractivity contribution in [3.05, 3.63) is 0 Å². The number of alkyl halides is 1. The summed E-state index contributed by atoms with van der Waals surface area (Å²) in [5.41, 5.74) is 5.38. The Bertz CT molecular complexity index is 286. The number of rotatable bonds is 4. The van der Waals surface area contributed by atoms with Gasteiger partial charge in [-0.1, -0.05) is 57.5 Å². The van der Waals surface area contributed by atoms with Crippen LogP contribution in [0.15, 0.2) is 0 Å². The molecule has 0 aromatic rings. The maximum absolute atomic E-state index is 10.3. The van der Waals surface area contributed by atoms with Crippen LogP contribution >= 0.6 is 15.9 Å². The standard InChI is InChI=1S/C7H13BrO2.C7H15NO2/c2*1-7(2,3)4-5(8)6(9)10/h5H,4H2,1-3H3,(H,9,10);5H,4,8H2,1-3H3,(H,9,10). The third-order valence-electron chi connectivity index (χ3n) is 2.21. The van der Waals surface area contributed by atoms with Gasteiger partial charge in [0.25, 0.3) is 0 Å². The minimum absolute atomic E-state index is 0.00218. The summed E-state index contributed by atoms with van der Waals surface area (Å²) < 4.78 is 0. The van der Waals surface area contributed by atoms with E-state index in [0.717, 1.165) is 0 Å². The van der Waals surface area contributed by atoms with Crippen LogP contribution in [-0.4, -0.2) is 33.0 Å². The lowest BCUT2D eigenvalue weighted by atomic mass is 9.88. The minimum Gasteiger partial charge on any atom is -0.480 e. The summed E-state index contributed by atoms with van der Waals surface area (Å²) in [6, 6.07) is -0.722. The molecule has 0 spiro atoms. The maximum atomic E-state index is 10.3. The number of nitrogens with two attached hydrogens (primary N) is 1. The molecule has 0 saturated heterocycles. The summed E-state index contributed by atoms with van der Waals surface area (Å²) in [5.74, 6) is -1.70. The van der Waals surface area contributed by atoms with E-state index in [1.165, 1.54) is 0 Å². The van der Waals surface area contributed by atoms with Gasteiger partial charge >= 0.3 is 11.9 Å². The number of carbonyl (C=O) groups is 2. The van der Waals surface area contributed by atoms with Crippen LogP contribution in [-0.2, 0) is 9.59 Å². The van der Waals surface area contributed by atoms with Crippen molar-refractivity contribution in [2.45, 2.75) is 65.3 Å². The maximum Gasteiger partial charge on any atom is 0.320 e. The molecule has 0 bridgehead atoms. The first-order valence-corrected chi connectivity index (χ1v) is 7.42. The van der Waals surface area contributed by atoms with Crippen LogP contribution in [0.5, 0.6) is 0 Å². The summed E-state index contributed by atoms with van der Waals surface area (Å²) in [6.07, 6.45) is 1.17. The summed E-state index contributed by atoms with van der Waals surface area (Å²) >= 11 is 3.08. The Morgan fingerprint density at radius 2 is 1.30 bits per heavy atom. The molecule has 120 valence electrons. The van der Waals surface area contributed by atoms with E-state index in [-0.39, 0.29) is 10.8 Å². The average molecular weight is 354 g/mol. The fourth-order valence-electron chi connectivity index (χ4n) is 1.37. The van der Waals surface area contributed by atoms with Crippen LogP contribution in [0.25, 0.3) is 0 Å². The van der Waals surface area contributed by atoms with E-state index < -0.39 is 22.8 Å². The van der Waals surface area contributed by atoms with Gasteiger partial charge in [0, 0.05) is 0 Å². The van der Waals surface area contributed by atoms with E-state index in [0.29, 0.717) is 12.8 Å². The molecule has 0 aliphatic rings. The largest absolute Gasteiger partial charge is 0.480 e. The fraction of sp³-hybridized carbons (Fsp3) is 0.857. The number of hydrogen-bond donors (Lipinski definition) is 3. The van der Waals surface area contributed by atoms with Gasteiger partial charge in [0.05, 0.1) is 0 Å². The predicted molar refractivity (Wildman–Crippen MR) is 84.1 cm³/mol. The highest BCUT2D eigenvalue weighted by molar-refractivity contribution is 9.10. The molecule has 0 aliphatic heterocycles. The number of halogens is 1. The SMILES string of the molecule is CC(C)(C)CC(Br)C(=O)O.CC(C)(C)CC(N)C(=O)O. The van der Waals surface area contributed by atoms with E-state index in [1.807, 2.05) is 41.5 Å². The summed E-state index contributed by atoms with van der Waals surface area (Å²) in [5, 5.41) is 16.9. The summed E-state index contributed by atoms with van der Waals surface area (Å²) in [6.45, 7) is 12.0. The quantitative estimate of drug-likeness (QED) is 0.674. The molecular weight excluding hydrogens is 326 g/mol. The van der Waals surface area contributed by atoms with E-state index in [9.17, 15) is 9.59 Å². The molecule has 6 heteroatoms. The number of aliphatic carboxylic acids is 2. The van der Waals surface area contributed by atoms with Gasteiger partial charge in [-0.2, -0.15) is 0 Å². The zero-order valence-corrected chi connectivity index (χ0v) is 14.8. The fourth-order valence-corrected chi connectivity index (χ4v) is 2.34. The third-order valence-corrected chi connectivity index (χ3v) is 2.92. The van der Waals surface area contributed by atoms with Crippen LogP contribution in [0.4, 0.5) is 0 Å². The third kappa shape index (κ3) is 15.4. The molecule has 2 atom stereocenters. The van der Waals surface area contributed by atoms with Gasteiger partial charge in [-0.15, -0.1) is 0 Å². The van der Waals surface area contributed by atoms with Crippen molar-refractivity contribution < 1.29 is 19.8 Å². The molecule has 20 heavy (non-hydrogen) atoms. The molecule has 0 aromatic heterocycles. The van der Waals surface area contributed by atoms with Gasteiger partial charge in [0.15, 0.2) is 0 Å². The number of carboxylic acid groups (broad SMARTS) is 2. The van der Waals surface area contributed by atoms with Crippen molar-refractivity contribution in [3.63, 3.8) is 0 Å². The predicted octanol–water partition coefficient (Wildman–Crippen LogP) is 3.11. The zero-order valence-electron chi connectivity index (χ0n) is 13.2. The van der Waals surface area contributed by atoms with E-state index >= 15 is 0 Å². The summed E-state index contributed by atoms with van der Waals surface area (Å²) in [7, 11) is 0. The van der Waals surface area contributed by atoms with Gasteiger partial charge < -0.3 is 15.9 Å². The molecule has 0 aromatic carbocycles. The van der Waals surface area contributed by atoms with E-state index in [4.69, 9.17) is 15.9 Å². The molecule has 2 unspecified atom stereocenters. The van der Waals surface area contributed by atoms with Gasteiger partial charge in [0.1, 0.15) is 10.9 Å². The molecule has 4 N–H and O–H groups in total. The number of hydrogen-bond acceptors (Lipinski definition) is 3. The molecule has 0 amide bonds. The summed E-state index contributed by atoms with van der Waals surface area (Å²) in [4.78, 5) is 20.2. The Labute approximate surface area is 130 Å². The molecule has 0 fully saturated rings. The van der Waals surface area contributed by atoms with Crippen molar-refractivity contribution >= 4 is 27.9 Å². The highest BCUT2D eigenvalue weighted by atomic mass is 79.9. The van der Waals surface area contributed by atoms with Crippen molar-refractivity contribution in [2.75, 3.05) is 0 Å². The van der Waals surface area contributed by atoms with Crippen molar-refractivity contribution in [1.29, 1.82) is 0 Å². The Morgan fingerprint density at radius 1 is 0.950 bits per heavy atom. The van der Waals surface area contributed by atoms with Crippen LogP contribution in [0.2, 0.25) is 0 Å². The van der Waals surface area contributed by atoms with Gasteiger partial charge in [0.2, 0.25) is 0 Å². The average Bonchev–Trinajstić information content (AvgIpc) is 2.12. The monoisotopic (exact) mass is 353 g/mol. The molecule has 5 nitrogen and oxygen atoms in total. The lowest BCUT2D eigenvalue weighted by Gasteiger charge is -2.20. The lowest BCUT2D eigenvalue weighted by Crippen LogP contribution is -2.34. The molecule has 0 rings (SSSR count). The molecular formula is C14H28BrNO4. The van der Waals surface area contributed by atoms with E-state index in [1.54, 1.807) is 0 Å². The van der Waals surface area contributed by atoms with Gasteiger partial charge in [-0.3, -0.25) is 9.59 Å². The first-order chi connectivity index (χ1) is 8.65. The smallest absolute Gasteiger partial charge is 0.320 e. The van der Waals surface area contributed by atoms with E-state index in [2.05, 4.69) is 15.9 Å². The first kappa shape index (κ1) is 21.7. The zero-order chi connectivity index (χ0) is 16.7. The van der Waals surface area contributed by atoms with Crippen LogP contribution in [0, 0.1) is 10.8 Å². The van der Waals surface area contributed by atoms with Crippen molar-refractivity contribution in [2.24, 2.45) is 16.6 Å². The second-order valence-electron chi connectivity index (χ2n) is 7.28. The van der Waals surface area contributed by atoms with Crippen molar-refractivity contribution in [3.8, 4) is 0 Å². The normalized spacial score (nSPS) is 14.8. The van der Waals surface area contributed by atoms with Crippen LogP contribution in [0.3, 0.4) is 0 Å². The topological polar surface area (TPSA) is 101 Å². The Balaban J connectivity index is 0. The van der Waals surface area contributed by atoms with Crippen LogP contribution < -0.4 is 5.73 Å². The van der Waals surface area contributed by atoms with Gasteiger partial charge in [-0.05, 0) is 23.7 Å². The van der Waals surface area contributed by atoms with Crippen LogP contribution in [0.1, 0.15) is 54.4 Å². The molecule has 0 aliphatic carbocycles. The molecule has 0 saturated carbocycles. The second-order valence-corrected chi connectivity index (χ2v) is 8.39. The molecule has 0 heterocycles. The minimum atomic E-state index is -0.921. The number of carboxylic acids is 2. The lowest BCUT2D eigenvalue weighted by molar-refractivity contribution is -0.139. The van der Waals surface area contributed by atoms with Crippen molar-refractivity contribution in [1.82, 2.24) is 0 Å². The Hall–Kier alpha value is -0.620. The Kier molecular flexibility index (Phi) is 9.34. The van der Waals surface area contributed by atoms with Gasteiger partial charge in [-0.25, -0.2) is 0 Å². The second kappa shape index (κ2) is 8.62. The Morgan fingerprint density at radius 3 is 1.40 bits per heavy atom. The highest BCUT2D eigenvalue weighted by Gasteiger charge is 2.21. The first-order valence-electron chi connectivity index (χ1n) is 6.51.